The zero-order valence-corrected chi connectivity index (χ0v) is 15.4. The molecule has 3 aromatic rings. The monoisotopic (exact) mass is 396 g/mol. The summed E-state index contributed by atoms with van der Waals surface area (Å²) in [6.45, 7) is 0.176. The molecular weight excluding hydrogens is 380 g/mol. The minimum Gasteiger partial charge on any atom is -0.443 e. The number of hydrazine groups is 1. The number of aromatic nitrogens is 1. The number of nitro groups is 1. The number of carbonyl (C=O) groups excluding carboxylic acids is 1. The van der Waals surface area contributed by atoms with Gasteiger partial charge in [0.15, 0.2) is 0 Å². The molecule has 0 aliphatic heterocycles. The first-order valence-electron chi connectivity index (χ1n) is 8.21. The summed E-state index contributed by atoms with van der Waals surface area (Å²) >= 11 is 1.31. The number of hydrogen-bond acceptors (Lipinski definition) is 7. The van der Waals surface area contributed by atoms with Gasteiger partial charge in [0, 0.05) is 17.5 Å². The fraction of sp³-hybridized carbons (Fsp3) is 0.0526. The molecule has 0 radical (unpaired) electrons. The Kier molecular flexibility index (Phi) is 6.32. The van der Waals surface area contributed by atoms with Gasteiger partial charge in [-0.25, -0.2) is 15.2 Å². The average Bonchev–Trinajstić information content (AvgIpc) is 3.18. The number of carbonyl (C=O) groups is 1. The van der Waals surface area contributed by atoms with Gasteiger partial charge in [-0.05, 0) is 29.3 Å². The molecule has 0 unspecified atom stereocenters. The van der Waals surface area contributed by atoms with E-state index in [1.54, 1.807) is 29.7 Å². The number of nitrogens with one attached hydrogen (secondary N) is 2. The molecule has 8 nitrogen and oxygen atoms in total. The van der Waals surface area contributed by atoms with Gasteiger partial charge in [0.2, 0.25) is 5.13 Å². The highest BCUT2D eigenvalue weighted by atomic mass is 32.1. The van der Waals surface area contributed by atoms with Crippen LogP contribution in [-0.2, 0) is 11.3 Å². The van der Waals surface area contributed by atoms with Crippen molar-refractivity contribution in [3.63, 3.8) is 0 Å². The number of thiazole rings is 1. The fourth-order valence-corrected chi connectivity index (χ4v) is 2.80. The van der Waals surface area contributed by atoms with Gasteiger partial charge in [-0.1, -0.05) is 36.4 Å². The minimum absolute atomic E-state index is 0.0440. The average molecular weight is 396 g/mol. The quantitative estimate of drug-likeness (QED) is 0.451. The zero-order valence-electron chi connectivity index (χ0n) is 14.6. The summed E-state index contributed by atoms with van der Waals surface area (Å²) in [6.07, 6.45) is 2.96. The highest BCUT2D eigenvalue weighted by Crippen LogP contribution is 2.18. The number of non-ortho nitro benzene ring substituents is 1. The Bertz CT molecular complexity index is 971. The normalized spacial score (nSPS) is 10.6. The largest absolute Gasteiger partial charge is 0.443 e. The molecule has 0 aliphatic rings. The lowest BCUT2D eigenvalue weighted by Gasteiger charge is -2.07. The number of amides is 1. The number of ether oxygens (including phenoxy) is 1. The molecule has 1 amide bonds. The van der Waals surface area contributed by atoms with Gasteiger partial charge in [0.1, 0.15) is 6.61 Å². The van der Waals surface area contributed by atoms with Gasteiger partial charge in [-0.15, -0.1) is 11.3 Å². The topological polar surface area (TPSA) is 106 Å². The van der Waals surface area contributed by atoms with Crippen LogP contribution in [0.25, 0.3) is 12.2 Å². The van der Waals surface area contributed by atoms with Crippen molar-refractivity contribution in [3.05, 3.63) is 86.9 Å². The van der Waals surface area contributed by atoms with E-state index in [1.807, 2.05) is 30.3 Å². The molecular formula is C19H16N4O4S. The lowest BCUT2D eigenvalue weighted by Crippen LogP contribution is -2.29. The summed E-state index contributed by atoms with van der Waals surface area (Å²) in [7, 11) is 0. The second-order valence-electron chi connectivity index (χ2n) is 5.57. The van der Waals surface area contributed by atoms with Crippen LogP contribution < -0.4 is 10.9 Å². The maximum atomic E-state index is 11.7. The lowest BCUT2D eigenvalue weighted by atomic mass is 10.2. The maximum absolute atomic E-state index is 11.7. The summed E-state index contributed by atoms with van der Waals surface area (Å²) in [5, 5.41) is 13.0. The molecule has 0 fully saturated rings. The zero-order chi connectivity index (χ0) is 19.8. The summed E-state index contributed by atoms with van der Waals surface area (Å²) in [6, 6.07) is 15.6. The van der Waals surface area contributed by atoms with Crippen LogP contribution in [0.2, 0.25) is 0 Å². The van der Waals surface area contributed by atoms with Crippen molar-refractivity contribution >= 4 is 40.4 Å². The first-order chi connectivity index (χ1) is 13.6. The predicted molar refractivity (Wildman–Crippen MR) is 108 cm³/mol. The highest BCUT2D eigenvalue weighted by molar-refractivity contribution is 7.13. The number of anilines is 1. The number of hydrogen-bond donors (Lipinski definition) is 2. The summed E-state index contributed by atoms with van der Waals surface area (Å²) < 4.78 is 5.09. The van der Waals surface area contributed by atoms with Crippen molar-refractivity contribution < 1.29 is 14.5 Å². The molecule has 9 heteroatoms. The SMILES string of the molecule is O=C(NNc1nc(/C=C/c2ccc([N+](=O)[O-])cc2)cs1)OCc1ccccc1. The number of rotatable bonds is 7. The molecule has 3 rings (SSSR count). The molecule has 0 saturated carbocycles. The standard InChI is InChI=1S/C19H16N4O4S/c24-19(27-12-15-4-2-1-3-5-15)22-21-18-20-16(13-28-18)9-6-14-7-10-17(11-8-14)23(25)26/h1-11,13H,12H2,(H,20,21)(H,22,24)/b9-6+. The van der Waals surface area contributed by atoms with E-state index < -0.39 is 11.0 Å². The van der Waals surface area contributed by atoms with Crippen molar-refractivity contribution in [1.82, 2.24) is 10.4 Å². The Morgan fingerprint density at radius 3 is 2.61 bits per heavy atom. The van der Waals surface area contributed by atoms with Crippen LogP contribution in [0.3, 0.4) is 0 Å². The van der Waals surface area contributed by atoms with E-state index in [9.17, 15) is 14.9 Å². The van der Waals surface area contributed by atoms with Gasteiger partial charge < -0.3 is 4.74 Å². The van der Waals surface area contributed by atoms with E-state index in [0.29, 0.717) is 10.8 Å². The third-order valence-corrected chi connectivity index (χ3v) is 4.33. The second kappa shape index (κ2) is 9.28. The van der Waals surface area contributed by atoms with Crippen molar-refractivity contribution in [2.24, 2.45) is 0 Å². The molecule has 28 heavy (non-hydrogen) atoms. The molecule has 1 heterocycles. The summed E-state index contributed by atoms with van der Waals surface area (Å²) in [5.74, 6) is 0. The molecule has 142 valence electrons. The van der Waals surface area contributed by atoms with Gasteiger partial charge in [0.25, 0.3) is 5.69 Å². The van der Waals surface area contributed by atoms with Gasteiger partial charge in [-0.3, -0.25) is 15.5 Å². The van der Waals surface area contributed by atoms with E-state index >= 15 is 0 Å². The molecule has 1 aromatic heterocycles. The second-order valence-corrected chi connectivity index (χ2v) is 6.43. The van der Waals surface area contributed by atoms with Crippen LogP contribution in [0.15, 0.2) is 60.0 Å². The van der Waals surface area contributed by atoms with E-state index in [0.717, 1.165) is 11.1 Å². The molecule has 2 N–H and O–H groups in total. The fourth-order valence-electron chi connectivity index (χ4n) is 2.17. The van der Waals surface area contributed by atoms with Crippen molar-refractivity contribution in [1.29, 1.82) is 0 Å². The predicted octanol–water partition coefficient (Wildman–Crippen LogP) is 4.48. The molecule has 0 spiro atoms. The van der Waals surface area contributed by atoms with Crippen LogP contribution in [0.4, 0.5) is 15.6 Å². The third kappa shape index (κ3) is 5.64. The first kappa shape index (κ1) is 19.1. The van der Waals surface area contributed by atoms with Gasteiger partial charge in [-0.2, -0.15) is 0 Å². The molecule has 2 aromatic carbocycles. The molecule has 0 aliphatic carbocycles. The van der Waals surface area contributed by atoms with Crippen molar-refractivity contribution in [2.75, 3.05) is 5.43 Å². The minimum atomic E-state index is -0.609. The molecule has 0 saturated heterocycles. The maximum Gasteiger partial charge on any atom is 0.426 e. The van der Waals surface area contributed by atoms with E-state index in [1.165, 1.54) is 23.5 Å². The smallest absolute Gasteiger partial charge is 0.426 e. The summed E-state index contributed by atoms with van der Waals surface area (Å²) in [4.78, 5) is 26.2. The van der Waals surface area contributed by atoms with E-state index in [-0.39, 0.29) is 12.3 Å². The van der Waals surface area contributed by atoms with Crippen molar-refractivity contribution in [3.8, 4) is 0 Å². The number of nitro benzene ring substituents is 1. The first-order valence-corrected chi connectivity index (χ1v) is 9.09. The van der Waals surface area contributed by atoms with Crippen molar-refractivity contribution in [2.45, 2.75) is 6.61 Å². The van der Waals surface area contributed by atoms with Crippen LogP contribution >= 0.6 is 11.3 Å². The number of nitrogens with zero attached hydrogens (tertiary/aromatic N) is 2. The Balaban J connectivity index is 1.47. The van der Waals surface area contributed by atoms with Crippen LogP contribution in [-0.4, -0.2) is 16.0 Å². The molecule has 0 atom stereocenters. The summed E-state index contributed by atoms with van der Waals surface area (Å²) in [5.41, 5.74) is 7.55. The number of benzene rings is 2. The Hall–Kier alpha value is -3.72. The van der Waals surface area contributed by atoms with Crippen LogP contribution in [0.5, 0.6) is 0 Å². The van der Waals surface area contributed by atoms with Gasteiger partial charge in [0.05, 0.1) is 10.6 Å². The van der Waals surface area contributed by atoms with Crippen LogP contribution in [0.1, 0.15) is 16.8 Å². The van der Waals surface area contributed by atoms with Crippen LogP contribution in [0, 0.1) is 10.1 Å². The van der Waals surface area contributed by atoms with E-state index in [4.69, 9.17) is 4.74 Å². The Morgan fingerprint density at radius 2 is 1.89 bits per heavy atom. The molecule has 0 bridgehead atoms. The third-order valence-electron chi connectivity index (χ3n) is 3.56. The lowest BCUT2D eigenvalue weighted by molar-refractivity contribution is -0.384. The highest BCUT2D eigenvalue weighted by Gasteiger charge is 2.05. The Labute approximate surface area is 164 Å². The Morgan fingerprint density at radius 1 is 1.14 bits per heavy atom. The van der Waals surface area contributed by atoms with Gasteiger partial charge >= 0.3 is 6.09 Å². The van der Waals surface area contributed by atoms with E-state index in [2.05, 4.69) is 15.8 Å².